The molecule has 1 atom stereocenters. The molecule has 0 saturated heterocycles. The van der Waals surface area contributed by atoms with Gasteiger partial charge in [0.15, 0.2) is 0 Å². The summed E-state index contributed by atoms with van der Waals surface area (Å²) in [6.45, 7) is 9.14. The highest BCUT2D eigenvalue weighted by atomic mass is 19.4. The first kappa shape index (κ1) is 17.5. The van der Waals surface area contributed by atoms with E-state index in [1.54, 1.807) is 14.0 Å². The zero-order valence-corrected chi connectivity index (χ0v) is 13.3. The van der Waals surface area contributed by atoms with Crippen molar-refractivity contribution in [3.63, 3.8) is 0 Å². The van der Waals surface area contributed by atoms with Gasteiger partial charge >= 0.3 is 6.18 Å². The molecule has 1 heterocycles. The summed E-state index contributed by atoms with van der Waals surface area (Å²) in [5, 5.41) is 5.80. The topological polar surface area (TPSA) is 49.8 Å². The summed E-state index contributed by atoms with van der Waals surface area (Å²) in [5.74, 6) is 1.65. The van der Waals surface area contributed by atoms with Crippen molar-refractivity contribution >= 4 is 11.6 Å². The summed E-state index contributed by atoms with van der Waals surface area (Å²) in [6, 6.07) is -0.754. The third-order valence-electron chi connectivity index (χ3n) is 2.97. The molecule has 21 heavy (non-hydrogen) atoms. The van der Waals surface area contributed by atoms with Crippen LogP contribution < -0.4 is 10.6 Å². The fraction of sp³-hybridized carbons (Fsp3) is 0.714. The molecule has 4 nitrogen and oxygen atoms in total. The van der Waals surface area contributed by atoms with E-state index in [1.807, 2.05) is 20.8 Å². The Balaban J connectivity index is 3.11. The van der Waals surface area contributed by atoms with Gasteiger partial charge in [-0.05, 0) is 13.8 Å². The van der Waals surface area contributed by atoms with Gasteiger partial charge in [0.05, 0.1) is 6.42 Å². The minimum Gasteiger partial charge on any atom is -0.373 e. The molecule has 0 aliphatic heterocycles. The molecule has 0 spiro atoms. The van der Waals surface area contributed by atoms with Crippen LogP contribution in [0.25, 0.3) is 0 Å². The number of rotatable bonds is 4. The minimum absolute atomic E-state index is 0.289. The van der Waals surface area contributed by atoms with Gasteiger partial charge in [-0.3, -0.25) is 0 Å². The van der Waals surface area contributed by atoms with E-state index in [9.17, 15) is 13.2 Å². The molecular weight excluding hydrogens is 281 g/mol. The Morgan fingerprint density at radius 3 is 2.05 bits per heavy atom. The summed E-state index contributed by atoms with van der Waals surface area (Å²) >= 11 is 0. The normalized spacial score (nSPS) is 14.0. The lowest BCUT2D eigenvalue weighted by Crippen LogP contribution is -2.26. The Kier molecular flexibility index (Phi) is 5.07. The van der Waals surface area contributed by atoms with Gasteiger partial charge in [0.1, 0.15) is 17.5 Å². The second-order valence-corrected chi connectivity index (χ2v) is 6.23. The highest BCUT2D eigenvalue weighted by Crippen LogP contribution is 2.28. The van der Waals surface area contributed by atoms with Crippen molar-refractivity contribution in [2.24, 2.45) is 0 Å². The molecule has 0 saturated carbocycles. The first-order chi connectivity index (χ1) is 9.44. The molecule has 0 bridgehead atoms. The molecule has 1 rings (SSSR count). The van der Waals surface area contributed by atoms with Crippen LogP contribution in [0.2, 0.25) is 0 Å². The van der Waals surface area contributed by atoms with Gasteiger partial charge in [-0.15, -0.1) is 0 Å². The van der Waals surface area contributed by atoms with E-state index in [2.05, 4.69) is 20.6 Å². The van der Waals surface area contributed by atoms with Crippen LogP contribution in [-0.2, 0) is 5.41 Å². The molecule has 0 aromatic carbocycles. The Morgan fingerprint density at radius 1 is 1.10 bits per heavy atom. The van der Waals surface area contributed by atoms with Gasteiger partial charge in [-0.25, -0.2) is 9.97 Å². The SMILES string of the molecule is CNc1nc(C(C)(C)C)nc(NC(C)CC(F)(F)F)c1C. The predicted molar refractivity (Wildman–Crippen MR) is 78.8 cm³/mol. The van der Waals surface area contributed by atoms with Crippen molar-refractivity contribution in [2.75, 3.05) is 17.7 Å². The molecule has 0 amide bonds. The van der Waals surface area contributed by atoms with E-state index < -0.39 is 18.6 Å². The van der Waals surface area contributed by atoms with Gasteiger partial charge in [-0.1, -0.05) is 20.8 Å². The van der Waals surface area contributed by atoms with Crippen molar-refractivity contribution in [1.29, 1.82) is 0 Å². The molecule has 1 aromatic heterocycles. The average Bonchev–Trinajstić information content (AvgIpc) is 2.27. The monoisotopic (exact) mass is 304 g/mol. The standard InChI is InChI=1S/C14H23F3N4/c1-8(7-14(15,16)17)19-11-9(2)10(18-6)20-12(21-11)13(3,4)5/h8H,7H2,1-6H3,(H2,18,19,20,21). The Morgan fingerprint density at radius 2 is 1.62 bits per heavy atom. The number of alkyl halides is 3. The van der Waals surface area contributed by atoms with Crippen LogP contribution in [0.15, 0.2) is 0 Å². The molecule has 7 heteroatoms. The number of hydrogen-bond acceptors (Lipinski definition) is 4. The quantitative estimate of drug-likeness (QED) is 0.886. The Bertz CT molecular complexity index is 492. The maximum Gasteiger partial charge on any atom is 0.391 e. The van der Waals surface area contributed by atoms with Crippen LogP contribution in [0.3, 0.4) is 0 Å². The molecule has 0 aliphatic carbocycles. The second-order valence-electron chi connectivity index (χ2n) is 6.23. The lowest BCUT2D eigenvalue weighted by atomic mass is 9.95. The van der Waals surface area contributed by atoms with Crippen molar-refractivity contribution in [3.05, 3.63) is 11.4 Å². The zero-order chi connectivity index (χ0) is 16.4. The molecule has 0 aliphatic rings. The van der Waals surface area contributed by atoms with E-state index in [0.717, 1.165) is 0 Å². The summed E-state index contributed by atoms with van der Waals surface area (Å²) in [6.07, 6.45) is -5.11. The summed E-state index contributed by atoms with van der Waals surface area (Å²) in [7, 11) is 1.73. The third-order valence-corrected chi connectivity index (χ3v) is 2.97. The van der Waals surface area contributed by atoms with Crippen molar-refractivity contribution in [2.45, 2.75) is 58.7 Å². The molecule has 0 radical (unpaired) electrons. The predicted octanol–water partition coefficient (Wildman–Crippen LogP) is 3.88. The smallest absolute Gasteiger partial charge is 0.373 e. The Labute approximate surface area is 123 Å². The summed E-state index contributed by atoms with van der Waals surface area (Å²) < 4.78 is 37.3. The first-order valence-electron chi connectivity index (χ1n) is 6.84. The lowest BCUT2D eigenvalue weighted by molar-refractivity contribution is -0.136. The average molecular weight is 304 g/mol. The van der Waals surface area contributed by atoms with Crippen LogP contribution in [-0.4, -0.2) is 29.2 Å². The van der Waals surface area contributed by atoms with E-state index in [1.165, 1.54) is 6.92 Å². The highest BCUT2D eigenvalue weighted by molar-refractivity contribution is 5.57. The van der Waals surface area contributed by atoms with Gasteiger partial charge in [0, 0.05) is 24.1 Å². The minimum atomic E-state index is -4.20. The summed E-state index contributed by atoms with van der Waals surface area (Å²) in [4.78, 5) is 8.81. The van der Waals surface area contributed by atoms with Gasteiger partial charge in [0.25, 0.3) is 0 Å². The maximum atomic E-state index is 12.4. The number of halogens is 3. The fourth-order valence-corrected chi connectivity index (χ4v) is 1.87. The first-order valence-corrected chi connectivity index (χ1v) is 6.84. The van der Waals surface area contributed by atoms with Crippen LogP contribution in [0.4, 0.5) is 24.8 Å². The van der Waals surface area contributed by atoms with Crippen LogP contribution in [0.1, 0.15) is 45.5 Å². The van der Waals surface area contributed by atoms with Gasteiger partial charge in [-0.2, -0.15) is 13.2 Å². The van der Waals surface area contributed by atoms with Crippen LogP contribution in [0.5, 0.6) is 0 Å². The second kappa shape index (κ2) is 6.07. The molecule has 0 fully saturated rings. The number of aromatic nitrogens is 2. The van der Waals surface area contributed by atoms with E-state index in [0.29, 0.717) is 23.0 Å². The molecule has 2 N–H and O–H groups in total. The van der Waals surface area contributed by atoms with Crippen molar-refractivity contribution in [3.8, 4) is 0 Å². The van der Waals surface area contributed by atoms with Crippen LogP contribution in [0, 0.1) is 6.92 Å². The lowest BCUT2D eigenvalue weighted by Gasteiger charge is -2.23. The fourth-order valence-electron chi connectivity index (χ4n) is 1.87. The van der Waals surface area contributed by atoms with Gasteiger partial charge < -0.3 is 10.6 Å². The highest BCUT2D eigenvalue weighted by Gasteiger charge is 2.30. The Hall–Kier alpha value is -1.53. The molecule has 1 aromatic rings. The molecule has 1 unspecified atom stereocenters. The zero-order valence-electron chi connectivity index (χ0n) is 13.3. The van der Waals surface area contributed by atoms with E-state index in [4.69, 9.17) is 0 Å². The summed E-state index contributed by atoms with van der Waals surface area (Å²) in [5.41, 5.74) is 0.419. The van der Waals surface area contributed by atoms with E-state index in [-0.39, 0.29) is 5.41 Å². The number of hydrogen-bond donors (Lipinski definition) is 2. The molecule has 120 valence electrons. The number of nitrogens with one attached hydrogen (secondary N) is 2. The van der Waals surface area contributed by atoms with E-state index >= 15 is 0 Å². The van der Waals surface area contributed by atoms with Crippen molar-refractivity contribution < 1.29 is 13.2 Å². The number of nitrogens with zero attached hydrogens (tertiary/aromatic N) is 2. The van der Waals surface area contributed by atoms with Crippen LogP contribution >= 0.6 is 0 Å². The maximum absolute atomic E-state index is 12.4. The molecular formula is C14H23F3N4. The third kappa shape index (κ3) is 5.06. The largest absolute Gasteiger partial charge is 0.391 e. The van der Waals surface area contributed by atoms with Crippen molar-refractivity contribution in [1.82, 2.24) is 9.97 Å². The van der Waals surface area contributed by atoms with Gasteiger partial charge in [0.2, 0.25) is 0 Å². The number of anilines is 2.